The molecule has 0 bridgehead atoms. The number of amides is 1. The lowest BCUT2D eigenvalue weighted by atomic mass is 10.0. The van der Waals surface area contributed by atoms with Crippen molar-refractivity contribution in [3.63, 3.8) is 0 Å². The number of thioether (sulfide) groups is 1. The number of benzene rings is 1. The van der Waals surface area contributed by atoms with Crippen LogP contribution in [-0.4, -0.2) is 39.0 Å². The van der Waals surface area contributed by atoms with Gasteiger partial charge in [-0.2, -0.15) is 0 Å². The van der Waals surface area contributed by atoms with Crippen molar-refractivity contribution in [1.82, 2.24) is 10.3 Å². The molecule has 146 valence electrons. The Hall–Kier alpha value is -1.96. The Bertz CT molecular complexity index is 1010. The number of rotatable bonds is 6. The quantitative estimate of drug-likeness (QED) is 0.532. The third kappa shape index (κ3) is 3.79. The minimum atomic E-state index is -0.818. The molecule has 3 atom stereocenters. The summed E-state index contributed by atoms with van der Waals surface area (Å²) in [5, 5.41) is 12.8. The molecule has 0 radical (unpaired) electrons. The number of aliphatic carboxylic acids is 1. The molecule has 1 aliphatic carbocycles. The van der Waals surface area contributed by atoms with Crippen molar-refractivity contribution >= 4 is 56.8 Å². The van der Waals surface area contributed by atoms with Crippen LogP contribution >= 0.6 is 34.7 Å². The van der Waals surface area contributed by atoms with Crippen LogP contribution < -0.4 is 5.32 Å². The fourth-order valence-electron chi connectivity index (χ4n) is 3.62. The Kier molecular flexibility index (Phi) is 5.40. The van der Waals surface area contributed by atoms with Gasteiger partial charge in [0.05, 0.1) is 9.59 Å². The second-order valence-corrected chi connectivity index (χ2v) is 9.98. The van der Waals surface area contributed by atoms with E-state index in [1.165, 1.54) is 34.2 Å². The van der Waals surface area contributed by atoms with Gasteiger partial charge in [-0.15, -0.1) is 23.1 Å². The van der Waals surface area contributed by atoms with Crippen LogP contribution in [0.2, 0.25) is 4.34 Å². The predicted molar refractivity (Wildman–Crippen MR) is 115 cm³/mol. The Balaban J connectivity index is 1.52. The zero-order valence-corrected chi connectivity index (χ0v) is 17.5. The van der Waals surface area contributed by atoms with E-state index in [2.05, 4.69) is 22.4 Å². The molecule has 3 aromatic rings. The highest BCUT2D eigenvalue weighted by Gasteiger charge is 2.34. The van der Waals surface area contributed by atoms with Crippen molar-refractivity contribution in [3.05, 3.63) is 57.6 Å². The monoisotopic (exact) mass is 434 g/mol. The Morgan fingerprint density at radius 2 is 2.18 bits per heavy atom. The fourth-order valence-corrected chi connectivity index (χ4v) is 5.79. The van der Waals surface area contributed by atoms with Gasteiger partial charge < -0.3 is 15.4 Å². The van der Waals surface area contributed by atoms with Gasteiger partial charge >= 0.3 is 5.97 Å². The summed E-state index contributed by atoms with van der Waals surface area (Å²) in [5.74, 6) is -0.247. The van der Waals surface area contributed by atoms with Crippen molar-refractivity contribution in [3.8, 4) is 0 Å². The molecule has 0 aliphatic heterocycles. The molecule has 4 rings (SSSR count). The SMILES string of the molecule is CC(SC[C@@H]1c2ccccc2C[C@H]1NC(=O)c1cc2cc(Cl)sc2[nH]1)C(=O)O. The molecule has 0 saturated heterocycles. The first-order chi connectivity index (χ1) is 13.4. The normalized spacial score (nSPS) is 19.5. The van der Waals surface area contributed by atoms with Gasteiger partial charge in [0.1, 0.15) is 10.5 Å². The van der Waals surface area contributed by atoms with Crippen molar-refractivity contribution < 1.29 is 14.7 Å². The molecule has 5 nitrogen and oxygen atoms in total. The number of carboxylic acids is 1. The number of aromatic amines is 1. The standard InChI is InChI=1S/C20H19ClN2O3S2/c1-10(20(25)26)27-9-14-13-5-3-2-4-11(13)6-15(14)22-18(24)16-7-12-8-17(21)28-19(12)23-16/h2-5,7-8,10,14-15,23H,6,9H2,1H3,(H,22,24)(H,25,26)/t10?,14-,15-/m1/s1. The minimum absolute atomic E-state index is 0.0664. The first kappa shape index (κ1) is 19.4. The first-order valence-electron chi connectivity index (χ1n) is 8.93. The summed E-state index contributed by atoms with van der Waals surface area (Å²) < 4.78 is 0.684. The lowest BCUT2D eigenvalue weighted by Gasteiger charge is -2.22. The van der Waals surface area contributed by atoms with E-state index < -0.39 is 11.2 Å². The van der Waals surface area contributed by atoms with Crippen LogP contribution in [0.15, 0.2) is 36.4 Å². The van der Waals surface area contributed by atoms with E-state index in [9.17, 15) is 14.7 Å². The summed E-state index contributed by atoms with van der Waals surface area (Å²) in [6.45, 7) is 1.69. The number of halogens is 1. The van der Waals surface area contributed by atoms with Crippen LogP contribution in [0.3, 0.4) is 0 Å². The van der Waals surface area contributed by atoms with E-state index in [-0.39, 0.29) is 17.9 Å². The predicted octanol–water partition coefficient (Wildman–Crippen LogP) is 4.53. The summed E-state index contributed by atoms with van der Waals surface area (Å²) in [4.78, 5) is 28.0. The molecule has 0 fully saturated rings. The Morgan fingerprint density at radius 3 is 2.93 bits per heavy atom. The molecule has 1 aliphatic rings. The van der Waals surface area contributed by atoms with E-state index in [0.29, 0.717) is 15.8 Å². The van der Waals surface area contributed by atoms with E-state index >= 15 is 0 Å². The molecular weight excluding hydrogens is 416 g/mol. The number of aromatic nitrogens is 1. The van der Waals surface area contributed by atoms with Gasteiger partial charge in [0.2, 0.25) is 0 Å². The number of thiophene rings is 1. The van der Waals surface area contributed by atoms with Crippen LogP contribution in [0.25, 0.3) is 10.2 Å². The maximum Gasteiger partial charge on any atom is 0.316 e. The summed E-state index contributed by atoms with van der Waals surface area (Å²) >= 11 is 8.82. The van der Waals surface area contributed by atoms with Crippen molar-refractivity contribution in [2.24, 2.45) is 0 Å². The highest BCUT2D eigenvalue weighted by Crippen LogP contribution is 2.37. The molecule has 1 aromatic carbocycles. The van der Waals surface area contributed by atoms with Gasteiger partial charge in [0.15, 0.2) is 0 Å². The van der Waals surface area contributed by atoms with Crippen LogP contribution in [0, 0.1) is 0 Å². The fraction of sp³-hybridized carbons (Fsp3) is 0.300. The summed E-state index contributed by atoms with van der Waals surface area (Å²) in [6, 6.07) is 11.7. The summed E-state index contributed by atoms with van der Waals surface area (Å²) in [5.41, 5.74) is 2.91. The number of carbonyl (C=O) groups is 2. The molecule has 28 heavy (non-hydrogen) atoms. The number of carbonyl (C=O) groups excluding carboxylic acids is 1. The highest BCUT2D eigenvalue weighted by molar-refractivity contribution is 8.00. The largest absolute Gasteiger partial charge is 0.480 e. The van der Waals surface area contributed by atoms with Crippen molar-refractivity contribution in [1.29, 1.82) is 0 Å². The van der Waals surface area contributed by atoms with Crippen LogP contribution in [0.1, 0.15) is 34.5 Å². The number of hydrogen-bond donors (Lipinski definition) is 3. The third-order valence-electron chi connectivity index (χ3n) is 5.09. The van der Waals surface area contributed by atoms with Gasteiger partial charge in [0, 0.05) is 23.1 Å². The van der Waals surface area contributed by atoms with Gasteiger partial charge in [-0.05, 0) is 36.6 Å². The summed E-state index contributed by atoms with van der Waals surface area (Å²) in [6.07, 6.45) is 0.746. The van der Waals surface area contributed by atoms with Crippen LogP contribution in [0.4, 0.5) is 0 Å². The molecule has 0 spiro atoms. The van der Waals surface area contributed by atoms with Crippen LogP contribution in [0.5, 0.6) is 0 Å². The number of carboxylic acid groups (broad SMARTS) is 1. The number of nitrogens with one attached hydrogen (secondary N) is 2. The second-order valence-electron chi connectivity index (χ2n) is 6.92. The zero-order valence-electron chi connectivity index (χ0n) is 15.1. The lowest BCUT2D eigenvalue weighted by Crippen LogP contribution is -2.39. The average molecular weight is 435 g/mol. The molecule has 8 heteroatoms. The lowest BCUT2D eigenvalue weighted by molar-refractivity contribution is -0.136. The van der Waals surface area contributed by atoms with Gasteiger partial charge in [0.25, 0.3) is 5.91 Å². The Morgan fingerprint density at radius 1 is 1.39 bits per heavy atom. The smallest absolute Gasteiger partial charge is 0.316 e. The van der Waals surface area contributed by atoms with Crippen molar-refractivity contribution in [2.75, 3.05) is 5.75 Å². The van der Waals surface area contributed by atoms with E-state index in [1.807, 2.05) is 24.3 Å². The second kappa shape index (κ2) is 7.81. The topological polar surface area (TPSA) is 82.2 Å². The molecule has 3 N–H and O–H groups in total. The maximum absolute atomic E-state index is 12.8. The van der Waals surface area contributed by atoms with E-state index in [4.69, 9.17) is 11.6 Å². The minimum Gasteiger partial charge on any atom is -0.480 e. The highest BCUT2D eigenvalue weighted by atomic mass is 35.5. The van der Waals surface area contributed by atoms with E-state index in [0.717, 1.165) is 16.6 Å². The first-order valence-corrected chi connectivity index (χ1v) is 11.2. The molecular formula is C20H19ClN2O3S2. The molecule has 0 saturated carbocycles. The van der Waals surface area contributed by atoms with Crippen molar-refractivity contribution in [2.45, 2.75) is 30.6 Å². The number of hydrogen-bond acceptors (Lipinski definition) is 4. The molecule has 2 heterocycles. The average Bonchev–Trinajstić information content (AvgIpc) is 3.30. The van der Waals surface area contributed by atoms with Gasteiger partial charge in [-0.1, -0.05) is 35.9 Å². The molecule has 1 unspecified atom stereocenters. The summed E-state index contributed by atoms with van der Waals surface area (Å²) in [7, 11) is 0. The molecule has 2 aromatic heterocycles. The van der Waals surface area contributed by atoms with E-state index in [1.54, 1.807) is 6.92 Å². The zero-order chi connectivity index (χ0) is 19.8. The maximum atomic E-state index is 12.8. The molecule has 1 amide bonds. The third-order valence-corrected chi connectivity index (χ3v) is 7.54. The number of H-pyrrole nitrogens is 1. The Labute approximate surface area is 175 Å². The van der Waals surface area contributed by atoms with Crippen LogP contribution in [-0.2, 0) is 11.2 Å². The number of fused-ring (bicyclic) bond motifs is 2. The van der Waals surface area contributed by atoms with Gasteiger partial charge in [-0.3, -0.25) is 9.59 Å². The van der Waals surface area contributed by atoms with Gasteiger partial charge in [-0.25, -0.2) is 0 Å².